The van der Waals surface area contributed by atoms with Crippen LogP contribution in [0.2, 0.25) is 0 Å². The third-order valence-corrected chi connectivity index (χ3v) is 4.19. The Morgan fingerprint density at radius 1 is 1.26 bits per heavy atom. The highest BCUT2D eigenvalue weighted by Gasteiger charge is 2.38. The van der Waals surface area contributed by atoms with Crippen LogP contribution in [0, 0.1) is 6.92 Å². The van der Waals surface area contributed by atoms with E-state index in [9.17, 15) is 4.79 Å². The van der Waals surface area contributed by atoms with E-state index in [1.165, 1.54) is 4.88 Å². The Morgan fingerprint density at radius 2 is 1.84 bits per heavy atom. The van der Waals surface area contributed by atoms with Crippen molar-refractivity contribution in [1.82, 2.24) is 4.90 Å². The fourth-order valence-corrected chi connectivity index (χ4v) is 3.72. The van der Waals surface area contributed by atoms with E-state index < -0.39 is 0 Å². The first-order valence-electron chi connectivity index (χ1n) is 6.69. The predicted molar refractivity (Wildman–Crippen MR) is 79.1 cm³/mol. The molecule has 0 atom stereocenters. The Kier molecular flexibility index (Phi) is 3.87. The molecule has 4 heteroatoms. The van der Waals surface area contributed by atoms with E-state index in [1.807, 2.05) is 19.1 Å². The topological polar surface area (TPSA) is 29.5 Å². The zero-order valence-corrected chi connectivity index (χ0v) is 13.3. The molecule has 0 unspecified atom stereocenters. The second kappa shape index (κ2) is 5.00. The van der Waals surface area contributed by atoms with Crippen LogP contribution in [0.5, 0.6) is 0 Å². The second-order valence-electron chi connectivity index (χ2n) is 6.60. The van der Waals surface area contributed by atoms with Gasteiger partial charge in [-0.3, -0.25) is 9.69 Å². The van der Waals surface area contributed by atoms with E-state index in [-0.39, 0.29) is 17.0 Å². The highest BCUT2D eigenvalue weighted by atomic mass is 32.1. The Morgan fingerprint density at radius 3 is 2.32 bits per heavy atom. The van der Waals surface area contributed by atoms with Crippen LogP contribution in [-0.2, 0) is 4.74 Å². The van der Waals surface area contributed by atoms with Gasteiger partial charge in [-0.25, -0.2) is 0 Å². The number of hydrogen-bond donors (Lipinski definition) is 0. The number of ketones is 1. The van der Waals surface area contributed by atoms with Crippen LogP contribution < -0.4 is 0 Å². The smallest absolute Gasteiger partial charge is 0.186 e. The van der Waals surface area contributed by atoms with Crippen molar-refractivity contribution in [2.24, 2.45) is 0 Å². The first-order chi connectivity index (χ1) is 8.67. The van der Waals surface area contributed by atoms with Crippen molar-refractivity contribution in [3.05, 3.63) is 21.9 Å². The van der Waals surface area contributed by atoms with Crippen molar-refractivity contribution in [1.29, 1.82) is 0 Å². The minimum absolute atomic E-state index is 0.201. The number of nitrogens with zero attached hydrogens (tertiary/aromatic N) is 1. The SMILES string of the molecule is Cc1ccc(C(=O)CN2CC(C)(C)OC(C)(C)C2)s1. The molecule has 0 bridgehead atoms. The van der Waals surface area contributed by atoms with Gasteiger partial charge in [0.15, 0.2) is 5.78 Å². The van der Waals surface area contributed by atoms with Gasteiger partial charge < -0.3 is 4.74 Å². The van der Waals surface area contributed by atoms with E-state index in [0.717, 1.165) is 18.0 Å². The quantitative estimate of drug-likeness (QED) is 0.797. The van der Waals surface area contributed by atoms with Gasteiger partial charge in [-0.15, -0.1) is 11.3 Å². The molecular formula is C15H23NO2S. The van der Waals surface area contributed by atoms with E-state index >= 15 is 0 Å². The van der Waals surface area contributed by atoms with Crippen LogP contribution in [0.1, 0.15) is 42.2 Å². The number of aryl methyl sites for hydroxylation is 1. The largest absolute Gasteiger partial charge is 0.367 e. The van der Waals surface area contributed by atoms with E-state index in [2.05, 4.69) is 32.6 Å². The number of thiophene rings is 1. The summed E-state index contributed by atoms with van der Waals surface area (Å²) in [6.45, 7) is 12.4. The molecule has 0 N–H and O–H groups in total. The molecule has 0 saturated carbocycles. The van der Waals surface area contributed by atoms with Gasteiger partial charge in [0, 0.05) is 18.0 Å². The lowest BCUT2D eigenvalue weighted by Gasteiger charge is -2.46. The van der Waals surface area contributed by atoms with Crippen LogP contribution in [0.4, 0.5) is 0 Å². The highest BCUT2D eigenvalue weighted by Crippen LogP contribution is 2.28. The number of ether oxygens (including phenoxy) is 1. The molecule has 0 radical (unpaired) electrons. The summed E-state index contributed by atoms with van der Waals surface area (Å²) in [7, 11) is 0. The molecule has 106 valence electrons. The molecule has 0 aromatic carbocycles. The summed E-state index contributed by atoms with van der Waals surface area (Å²) in [5, 5.41) is 0. The van der Waals surface area contributed by atoms with Gasteiger partial charge in [-0.05, 0) is 46.8 Å². The van der Waals surface area contributed by atoms with Gasteiger partial charge in [0.1, 0.15) is 0 Å². The summed E-state index contributed by atoms with van der Waals surface area (Å²) in [5.74, 6) is 0.214. The molecule has 2 heterocycles. The van der Waals surface area contributed by atoms with Gasteiger partial charge in [-0.2, -0.15) is 0 Å². The summed E-state index contributed by atoms with van der Waals surface area (Å²) in [4.78, 5) is 16.5. The normalized spacial score (nSPS) is 22.4. The summed E-state index contributed by atoms with van der Waals surface area (Å²) >= 11 is 1.58. The molecule has 1 aliphatic rings. The van der Waals surface area contributed by atoms with Gasteiger partial charge >= 0.3 is 0 Å². The lowest BCUT2D eigenvalue weighted by Crippen LogP contribution is -2.57. The van der Waals surface area contributed by atoms with Crippen LogP contribution in [0.15, 0.2) is 12.1 Å². The molecule has 19 heavy (non-hydrogen) atoms. The molecular weight excluding hydrogens is 258 g/mol. The first-order valence-corrected chi connectivity index (χ1v) is 7.51. The number of carbonyl (C=O) groups excluding carboxylic acids is 1. The molecule has 1 aromatic rings. The predicted octanol–water partition coefficient (Wildman–Crippen LogP) is 3.13. The lowest BCUT2D eigenvalue weighted by atomic mass is 9.98. The molecule has 0 amide bonds. The number of Topliss-reactive ketones (excluding diaryl/α,β-unsaturated/α-hetero) is 1. The Balaban J connectivity index is 2.04. The Hall–Kier alpha value is -0.710. The number of rotatable bonds is 3. The van der Waals surface area contributed by atoms with Crippen molar-refractivity contribution in [2.45, 2.75) is 45.8 Å². The van der Waals surface area contributed by atoms with Crippen molar-refractivity contribution in [3.8, 4) is 0 Å². The van der Waals surface area contributed by atoms with E-state index in [1.54, 1.807) is 11.3 Å². The van der Waals surface area contributed by atoms with Crippen molar-refractivity contribution >= 4 is 17.1 Å². The van der Waals surface area contributed by atoms with Gasteiger partial charge in [0.25, 0.3) is 0 Å². The summed E-state index contributed by atoms with van der Waals surface area (Å²) in [6, 6.07) is 3.93. The molecule has 2 rings (SSSR count). The maximum absolute atomic E-state index is 12.3. The van der Waals surface area contributed by atoms with E-state index in [4.69, 9.17) is 4.74 Å². The third-order valence-electron chi connectivity index (χ3n) is 3.14. The molecule has 0 aliphatic carbocycles. The molecule has 0 spiro atoms. The standard InChI is InChI=1S/C15H23NO2S/c1-11-6-7-13(19-11)12(17)8-16-9-14(2,3)18-15(4,5)10-16/h6-7H,8-10H2,1-5H3. The van der Waals surface area contributed by atoms with Gasteiger partial charge in [0.2, 0.25) is 0 Å². The first kappa shape index (κ1) is 14.7. The Labute approximate surface area is 119 Å². The zero-order valence-electron chi connectivity index (χ0n) is 12.4. The van der Waals surface area contributed by atoms with Crippen molar-refractivity contribution in [3.63, 3.8) is 0 Å². The second-order valence-corrected chi connectivity index (χ2v) is 7.89. The van der Waals surface area contributed by atoms with Crippen LogP contribution in [0.3, 0.4) is 0 Å². The van der Waals surface area contributed by atoms with Crippen molar-refractivity contribution in [2.75, 3.05) is 19.6 Å². The minimum Gasteiger partial charge on any atom is -0.367 e. The Bertz CT molecular complexity index is 460. The maximum Gasteiger partial charge on any atom is 0.186 e. The summed E-state index contributed by atoms with van der Waals surface area (Å²) in [6.07, 6.45) is 0. The molecule has 1 saturated heterocycles. The molecule has 1 aromatic heterocycles. The molecule has 1 aliphatic heterocycles. The molecule has 3 nitrogen and oxygen atoms in total. The fraction of sp³-hybridized carbons (Fsp3) is 0.667. The van der Waals surface area contributed by atoms with Crippen molar-refractivity contribution < 1.29 is 9.53 Å². The zero-order chi connectivity index (χ0) is 14.3. The number of morpholine rings is 1. The van der Waals surface area contributed by atoms with Gasteiger partial charge in [-0.1, -0.05) is 0 Å². The average molecular weight is 281 g/mol. The molecule has 1 fully saturated rings. The van der Waals surface area contributed by atoms with Crippen LogP contribution in [-0.4, -0.2) is 41.5 Å². The highest BCUT2D eigenvalue weighted by molar-refractivity contribution is 7.14. The summed E-state index contributed by atoms with van der Waals surface area (Å²) in [5.41, 5.74) is -0.402. The monoisotopic (exact) mass is 281 g/mol. The lowest BCUT2D eigenvalue weighted by molar-refractivity contribution is -0.178. The number of carbonyl (C=O) groups is 1. The van der Waals surface area contributed by atoms with Crippen LogP contribution in [0.25, 0.3) is 0 Å². The van der Waals surface area contributed by atoms with Gasteiger partial charge in [0.05, 0.1) is 22.6 Å². The van der Waals surface area contributed by atoms with Crippen LogP contribution >= 0.6 is 11.3 Å². The number of hydrogen-bond acceptors (Lipinski definition) is 4. The average Bonchev–Trinajstić information content (AvgIpc) is 2.59. The van der Waals surface area contributed by atoms with E-state index in [0.29, 0.717) is 6.54 Å². The summed E-state index contributed by atoms with van der Waals surface area (Å²) < 4.78 is 6.03. The fourth-order valence-electron chi connectivity index (χ4n) is 2.92. The minimum atomic E-state index is -0.201. The third kappa shape index (κ3) is 3.88. The maximum atomic E-state index is 12.3.